The van der Waals surface area contributed by atoms with Gasteiger partial charge in [-0.3, -0.25) is 9.89 Å². The highest BCUT2D eigenvalue weighted by molar-refractivity contribution is 5.93. The van der Waals surface area contributed by atoms with Crippen molar-refractivity contribution in [3.05, 3.63) is 72.1 Å². The lowest BCUT2D eigenvalue weighted by Gasteiger charge is -2.14. The van der Waals surface area contributed by atoms with Crippen molar-refractivity contribution in [2.24, 2.45) is 0 Å². The number of nitrogens with zero attached hydrogens (tertiary/aromatic N) is 1. The number of benzene rings is 2. The largest absolute Gasteiger partial charge is 0.494 e. The number of ether oxygens (including phenoxy) is 1. The summed E-state index contributed by atoms with van der Waals surface area (Å²) in [5.41, 5.74) is 3.83. The number of aromatic amines is 1. The maximum Gasteiger partial charge on any atom is 0.254 e. The summed E-state index contributed by atoms with van der Waals surface area (Å²) in [6.07, 6.45) is 3.09. The zero-order valence-corrected chi connectivity index (χ0v) is 14.3. The molecular formula is C20H21N3O2. The third kappa shape index (κ3) is 4.07. The minimum atomic E-state index is -0.142. The van der Waals surface area contributed by atoms with Gasteiger partial charge in [0.15, 0.2) is 0 Å². The van der Waals surface area contributed by atoms with Gasteiger partial charge in [-0.05, 0) is 42.7 Å². The van der Waals surface area contributed by atoms with Crippen LogP contribution in [0.4, 0.5) is 0 Å². The van der Waals surface area contributed by atoms with Gasteiger partial charge in [-0.2, -0.15) is 5.10 Å². The first-order chi connectivity index (χ1) is 12.2. The molecule has 128 valence electrons. The Hall–Kier alpha value is -3.08. The van der Waals surface area contributed by atoms with Gasteiger partial charge >= 0.3 is 0 Å². The fourth-order valence-electron chi connectivity index (χ4n) is 2.61. The van der Waals surface area contributed by atoms with Crippen molar-refractivity contribution in [1.29, 1.82) is 0 Å². The SMILES string of the molecule is CCOc1ccc(-c2ccc(C(C)NC(=O)c3cn[nH]c3)cc2)cc1. The van der Waals surface area contributed by atoms with Crippen LogP contribution in [0.5, 0.6) is 5.75 Å². The topological polar surface area (TPSA) is 67.0 Å². The molecule has 3 rings (SSSR count). The second kappa shape index (κ2) is 7.66. The molecule has 1 atom stereocenters. The number of hydrogen-bond acceptors (Lipinski definition) is 3. The fourth-order valence-corrected chi connectivity index (χ4v) is 2.61. The average molecular weight is 335 g/mol. The Labute approximate surface area is 147 Å². The lowest BCUT2D eigenvalue weighted by atomic mass is 10.0. The zero-order valence-electron chi connectivity index (χ0n) is 14.3. The lowest BCUT2D eigenvalue weighted by Crippen LogP contribution is -2.26. The quantitative estimate of drug-likeness (QED) is 0.716. The summed E-state index contributed by atoms with van der Waals surface area (Å²) in [5, 5.41) is 9.40. The number of amides is 1. The number of aromatic nitrogens is 2. The number of rotatable bonds is 6. The van der Waals surface area contributed by atoms with Gasteiger partial charge in [0.05, 0.1) is 24.4 Å². The Morgan fingerprint density at radius 3 is 2.32 bits per heavy atom. The highest BCUT2D eigenvalue weighted by Crippen LogP contribution is 2.24. The third-order valence-corrected chi connectivity index (χ3v) is 4.02. The molecule has 0 radical (unpaired) electrons. The molecule has 0 aliphatic heterocycles. The first kappa shape index (κ1) is 16.8. The van der Waals surface area contributed by atoms with Gasteiger partial charge in [0.2, 0.25) is 0 Å². The van der Waals surface area contributed by atoms with Crippen LogP contribution in [-0.4, -0.2) is 22.7 Å². The van der Waals surface area contributed by atoms with E-state index in [-0.39, 0.29) is 11.9 Å². The predicted octanol–water partition coefficient (Wildman–Crippen LogP) is 3.97. The molecule has 1 heterocycles. The van der Waals surface area contributed by atoms with Crippen molar-refractivity contribution in [2.75, 3.05) is 6.61 Å². The van der Waals surface area contributed by atoms with E-state index in [1.54, 1.807) is 6.20 Å². The molecule has 3 aromatic rings. The van der Waals surface area contributed by atoms with Crippen molar-refractivity contribution in [3.63, 3.8) is 0 Å². The number of nitrogens with one attached hydrogen (secondary N) is 2. The van der Waals surface area contributed by atoms with Gasteiger partial charge in [-0.25, -0.2) is 0 Å². The monoisotopic (exact) mass is 335 g/mol. The Morgan fingerprint density at radius 1 is 1.12 bits per heavy atom. The van der Waals surface area contributed by atoms with E-state index in [1.807, 2.05) is 50.2 Å². The van der Waals surface area contributed by atoms with Crippen molar-refractivity contribution in [1.82, 2.24) is 15.5 Å². The summed E-state index contributed by atoms with van der Waals surface area (Å²) in [6, 6.07) is 16.1. The second-order valence-electron chi connectivity index (χ2n) is 5.76. The van der Waals surface area contributed by atoms with Gasteiger partial charge in [0.1, 0.15) is 5.75 Å². The molecule has 25 heavy (non-hydrogen) atoms. The zero-order chi connectivity index (χ0) is 17.6. The first-order valence-electron chi connectivity index (χ1n) is 8.30. The smallest absolute Gasteiger partial charge is 0.254 e. The Bertz CT molecular complexity index is 809. The van der Waals surface area contributed by atoms with Gasteiger partial charge in [-0.15, -0.1) is 0 Å². The second-order valence-corrected chi connectivity index (χ2v) is 5.76. The minimum Gasteiger partial charge on any atom is -0.494 e. The summed E-state index contributed by atoms with van der Waals surface area (Å²) in [7, 11) is 0. The number of carbonyl (C=O) groups is 1. The summed E-state index contributed by atoms with van der Waals surface area (Å²) in [6.45, 7) is 4.60. The molecule has 2 aromatic carbocycles. The van der Waals surface area contributed by atoms with E-state index >= 15 is 0 Å². The third-order valence-electron chi connectivity index (χ3n) is 4.02. The van der Waals surface area contributed by atoms with Crippen LogP contribution in [0.2, 0.25) is 0 Å². The molecule has 0 spiro atoms. The molecule has 1 unspecified atom stereocenters. The highest BCUT2D eigenvalue weighted by Gasteiger charge is 2.12. The van der Waals surface area contributed by atoms with Crippen molar-refractivity contribution >= 4 is 5.91 Å². The van der Waals surface area contributed by atoms with Crippen LogP contribution in [0.1, 0.15) is 35.8 Å². The molecule has 0 aliphatic rings. The predicted molar refractivity (Wildman–Crippen MR) is 97.5 cm³/mol. The van der Waals surface area contributed by atoms with Gasteiger partial charge < -0.3 is 10.1 Å². The van der Waals surface area contributed by atoms with Gasteiger partial charge in [0.25, 0.3) is 5.91 Å². The molecule has 1 aromatic heterocycles. The minimum absolute atomic E-state index is 0.0863. The summed E-state index contributed by atoms with van der Waals surface area (Å²) in [4.78, 5) is 12.1. The van der Waals surface area contributed by atoms with Crippen molar-refractivity contribution in [3.8, 4) is 16.9 Å². The number of H-pyrrole nitrogens is 1. The number of carbonyl (C=O) groups excluding carboxylic acids is 1. The standard InChI is InChI=1S/C20H21N3O2/c1-3-25-19-10-8-17(9-11-19)16-6-4-15(5-7-16)14(2)23-20(24)18-12-21-22-13-18/h4-14H,3H2,1-2H3,(H,21,22)(H,23,24). The van der Waals surface area contributed by atoms with E-state index in [0.717, 1.165) is 22.4 Å². The Morgan fingerprint density at radius 2 is 1.76 bits per heavy atom. The highest BCUT2D eigenvalue weighted by atomic mass is 16.5. The average Bonchev–Trinajstić information content (AvgIpc) is 3.18. The van der Waals surface area contributed by atoms with Crippen molar-refractivity contribution in [2.45, 2.75) is 19.9 Å². The van der Waals surface area contributed by atoms with E-state index in [1.165, 1.54) is 6.20 Å². The van der Waals surface area contributed by atoms with Crippen LogP contribution in [0.25, 0.3) is 11.1 Å². The van der Waals surface area contributed by atoms with Crippen LogP contribution in [0, 0.1) is 0 Å². The van der Waals surface area contributed by atoms with Gasteiger partial charge in [0, 0.05) is 6.20 Å². The van der Waals surface area contributed by atoms with Crippen LogP contribution >= 0.6 is 0 Å². The molecule has 0 saturated heterocycles. The normalized spacial score (nSPS) is 11.8. The Balaban J connectivity index is 1.68. The van der Waals surface area contributed by atoms with E-state index < -0.39 is 0 Å². The molecule has 1 amide bonds. The van der Waals surface area contributed by atoms with E-state index in [4.69, 9.17) is 4.74 Å². The molecule has 0 saturated carbocycles. The molecule has 2 N–H and O–H groups in total. The number of hydrogen-bond donors (Lipinski definition) is 2. The van der Waals surface area contributed by atoms with Crippen LogP contribution in [-0.2, 0) is 0 Å². The van der Waals surface area contributed by atoms with Crippen LogP contribution in [0.15, 0.2) is 60.9 Å². The fraction of sp³-hybridized carbons (Fsp3) is 0.200. The van der Waals surface area contributed by atoms with Crippen LogP contribution in [0.3, 0.4) is 0 Å². The lowest BCUT2D eigenvalue weighted by molar-refractivity contribution is 0.0940. The van der Waals surface area contributed by atoms with Gasteiger partial charge in [-0.1, -0.05) is 36.4 Å². The Kier molecular flexibility index (Phi) is 5.14. The summed E-state index contributed by atoms with van der Waals surface area (Å²) >= 11 is 0. The molecule has 0 aliphatic carbocycles. The molecule has 5 nitrogen and oxygen atoms in total. The maximum absolute atomic E-state index is 12.1. The molecular weight excluding hydrogens is 314 g/mol. The molecule has 5 heteroatoms. The molecule has 0 bridgehead atoms. The van der Waals surface area contributed by atoms with Crippen LogP contribution < -0.4 is 10.1 Å². The summed E-state index contributed by atoms with van der Waals surface area (Å²) < 4.78 is 5.47. The first-order valence-corrected chi connectivity index (χ1v) is 8.30. The van der Waals surface area contributed by atoms with E-state index in [9.17, 15) is 4.79 Å². The summed E-state index contributed by atoms with van der Waals surface area (Å²) in [5.74, 6) is 0.732. The maximum atomic E-state index is 12.1. The van der Waals surface area contributed by atoms with E-state index in [2.05, 4.69) is 27.6 Å². The molecule has 0 fully saturated rings. The van der Waals surface area contributed by atoms with E-state index in [0.29, 0.717) is 12.2 Å². The van der Waals surface area contributed by atoms with Crippen molar-refractivity contribution < 1.29 is 9.53 Å².